The molecular formula is C14H21NO6. The van der Waals surface area contributed by atoms with Crippen molar-refractivity contribution >= 4 is 11.7 Å². The maximum atomic E-state index is 11.1. The molecule has 0 fully saturated rings. The summed E-state index contributed by atoms with van der Waals surface area (Å²) < 4.78 is 20.7. The molecule has 0 atom stereocenters. The third-order valence-electron chi connectivity index (χ3n) is 2.56. The van der Waals surface area contributed by atoms with E-state index in [0.717, 1.165) is 0 Å². The van der Waals surface area contributed by atoms with Crippen LogP contribution in [0.5, 0.6) is 5.75 Å². The minimum atomic E-state index is -1.12. The lowest BCUT2D eigenvalue weighted by molar-refractivity contribution is 0.0178. The molecule has 0 aliphatic heterocycles. The highest BCUT2D eigenvalue weighted by Crippen LogP contribution is 2.24. The number of hydrogen-bond donors (Lipinski definition) is 2. The molecule has 0 saturated heterocycles. The number of ether oxygens (including phenoxy) is 4. The summed E-state index contributed by atoms with van der Waals surface area (Å²) >= 11 is 0. The number of hydrogen-bond acceptors (Lipinski definition) is 6. The molecule has 7 heteroatoms. The number of nitrogens with two attached hydrogens (primary N) is 1. The molecule has 0 aliphatic rings. The average Bonchev–Trinajstić information content (AvgIpc) is 2.45. The first-order valence-corrected chi connectivity index (χ1v) is 6.55. The highest BCUT2D eigenvalue weighted by molar-refractivity contribution is 5.96. The number of aromatic carboxylic acids is 1. The molecule has 0 amide bonds. The standard InChI is InChI=1S/C14H21NO6/c1-18-5-6-19-7-8-20-9-10-21-12-4-2-3-11(15)13(12)14(16)17/h2-4H,5-10,15H2,1H3,(H,16,17). The first-order chi connectivity index (χ1) is 10.2. The lowest BCUT2D eigenvalue weighted by Crippen LogP contribution is -2.13. The lowest BCUT2D eigenvalue weighted by Gasteiger charge is -2.11. The van der Waals surface area contributed by atoms with Gasteiger partial charge in [0.1, 0.15) is 17.9 Å². The molecule has 0 aromatic heterocycles. The Balaban J connectivity index is 2.21. The van der Waals surface area contributed by atoms with Gasteiger partial charge in [-0.3, -0.25) is 0 Å². The van der Waals surface area contributed by atoms with E-state index in [9.17, 15) is 4.79 Å². The Labute approximate surface area is 123 Å². The van der Waals surface area contributed by atoms with Gasteiger partial charge in [0.05, 0.1) is 33.0 Å². The summed E-state index contributed by atoms with van der Waals surface area (Å²) in [6.07, 6.45) is 0. The minimum Gasteiger partial charge on any atom is -0.490 e. The summed E-state index contributed by atoms with van der Waals surface area (Å²) in [6, 6.07) is 4.72. The van der Waals surface area contributed by atoms with E-state index in [-0.39, 0.29) is 23.6 Å². The summed E-state index contributed by atoms with van der Waals surface area (Å²) in [5.41, 5.74) is 5.76. The zero-order valence-electron chi connectivity index (χ0n) is 12.0. The smallest absolute Gasteiger partial charge is 0.341 e. The van der Waals surface area contributed by atoms with Crippen molar-refractivity contribution in [1.29, 1.82) is 0 Å². The molecule has 0 unspecified atom stereocenters. The van der Waals surface area contributed by atoms with Crippen LogP contribution < -0.4 is 10.5 Å². The molecule has 1 aromatic rings. The van der Waals surface area contributed by atoms with Crippen molar-refractivity contribution < 1.29 is 28.8 Å². The van der Waals surface area contributed by atoms with Crippen LogP contribution in [0.2, 0.25) is 0 Å². The molecule has 0 saturated carbocycles. The highest BCUT2D eigenvalue weighted by Gasteiger charge is 2.14. The van der Waals surface area contributed by atoms with Crippen molar-refractivity contribution in [2.24, 2.45) is 0 Å². The predicted molar refractivity (Wildman–Crippen MR) is 76.8 cm³/mol. The molecule has 0 radical (unpaired) electrons. The van der Waals surface area contributed by atoms with E-state index in [4.69, 9.17) is 29.8 Å². The first-order valence-electron chi connectivity index (χ1n) is 6.55. The molecular weight excluding hydrogens is 278 g/mol. The highest BCUT2D eigenvalue weighted by atomic mass is 16.6. The topological polar surface area (TPSA) is 100 Å². The number of carboxylic acid groups (broad SMARTS) is 1. The van der Waals surface area contributed by atoms with E-state index < -0.39 is 5.97 Å². The molecule has 1 aromatic carbocycles. The first kappa shape index (κ1) is 17.2. The number of benzene rings is 1. The second kappa shape index (κ2) is 9.98. The van der Waals surface area contributed by atoms with E-state index in [0.29, 0.717) is 33.0 Å². The Hall–Kier alpha value is -1.83. The normalized spacial score (nSPS) is 10.5. The zero-order chi connectivity index (χ0) is 15.5. The van der Waals surface area contributed by atoms with E-state index in [1.807, 2.05) is 0 Å². The largest absolute Gasteiger partial charge is 0.490 e. The van der Waals surface area contributed by atoms with Crippen molar-refractivity contribution in [3.05, 3.63) is 23.8 Å². The predicted octanol–water partition coefficient (Wildman–Crippen LogP) is 1.03. The Kier molecular flexibility index (Phi) is 8.18. The van der Waals surface area contributed by atoms with Crippen LogP contribution in [0.4, 0.5) is 5.69 Å². The van der Waals surface area contributed by atoms with Crippen LogP contribution in [0, 0.1) is 0 Å². The van der Waals surface area contributed by atoms with Crippen LogP contribution in [0.1, 0.15) is 10.4 Å². The molecule has 0 bridgehead atoms. The number of carboxylic acids is 1. The number of anilines is 1. The van der Waals surface area contributed by atoms with E-state index in [1.54, 1.807) is 19.2 Å². The van der Waals surface area contributed by atoms with Gasteiger partial charge in [0, 0.05) is 12.8 Å². The average molecular weight is 299 g/mol. The van der Waals surface area contributed by atoms with Gasteiger partial charge in [-0.25, -0.2) is 4.79 Å². The van der Waals surface area contributed by atoms with Gasteiger partial charge < -0.3 is 29.8 Å². The van der Waals surface area contributed by atoms with E-state index in [2.05, 4.69) is 0 Å². The Bertz CT molecular complexity index is 437. The molecule has 3 N–H and O–H groups in total. The second-order valence-electron chi connectivity index (χ2n) is 4.09. The molecule has 1 rings (SSSR count). The number of methoxy groups -OCH3 is 1. The van der Waals surface area contributed by atoms with Crippen molar-refractivity contribution in [3.8, 4) is 5.75 Å². The van der Waals surface area contributed by atoms with Crippen LogP contribution in [0.15, 0.2) is 18.2 Å². The summed E-state index contributed by atoms with van der Waals surface area (Å²) in [4.78, 5) is 11.1. The maximum absolute atomic E-state index is 11.1. The van der Waals surface area contributed by atoms with Crippen molar-refractivity contribution in [3.63, 3.8) is 0 Å². The summed E-state index contributed by atoms with van der Waals surface area (Å²) in [5, 5.41) is 9.07. The zero-order valence-corrected chi connectivity index (χ0v) is 12.0. The fourth-order valence-electron chi connectivity index (χ4n) is 1.57. The van der Waals surface area contributed by atoms with Crippen molar-refractivity contribution in [2.75, 3.05) is 52.5 Å². The van der Waals surface area contributed by atoms with Gasteiger partial charge in [-0.1, -0.05) is 6.07 Å². The van der Waals surface area contributed by atoms with Crippen LogP contribution in [0.25, 0.3) is 0 Å². The van der Waals surface area contributed by atoms with E-state index in [1.165, 1.54) is 6.07 Å². The van der Waals surface area contributed by atoms with Crippen molar-refractivity contribution in [1.82, 2.24) is 0 Å². The Morgan fingerprint density at radius 3 is 2.33 bits per heavy atom. The van der Waals surface area contributed by atoms with Gasteiger partial charge >= 0.3 is 5.97 Å². The molecule has 21 heavy (non-hydrogen) atoms. The number of nitrogen functional groups attached to an aromatic ring is 1. The summed E-state index contributed by atoms with van der Waals surface area (Å²) in [5.74, 6) is -0.877. The van der Waals surface area contributed by atoms with Gasteiger partial charge in [-0.05, 0) is 12.1 Å². The lowest BCUT2D eigenvalue weighted by atomic mass is 10.1. The van der Waals surface area contributed by atoms with Gasteiger partial charge in [-0.15, -0.1) is 0 Å². The van der Waals surface area contributed by atoms with Gasteiger partial charge in [0.25, 0.3) is 0 Å². The molecule has 0 aliphatic carbocycles. The number of rotatable bonds is 11. The quantitative estimate of drug-likeness (QED) is 0.465. The fourth-order valence-corrected chi connectivity index (χ4v) is 1.57. The Morgan fingerprint density at radius 2 is 1.71 bits per heavy atom. The molecule has 0 spiro atoms. The number of carbonyl (C=O) groups is 1. The van der Waals surface area contributed by atoms with Crippen LogP contribution in [-0.4, -0.2) is 57.8 Å². The maximum Gasteiger partial charge on any atom is 0.341 e. The summed E-state index contributed by atoms with van der Waals surface area (Å²) in [6.45, 7) is 2.57. The van der Waals surface area contributed by atoms with Crippen molar-refractivity contribution in [2.45, 2.75) is 0 Å². The van der Waals surface area contributed by atoms with Gasteiger partial charge in [-0.2, -0.15) is 0 Å². The van der Waals surface area contributed by atoms with Crippen LogP contribution >= 0.6 is 0 Å². The van der Waals surface area contributed by atoms with Crippen LogP contribution in [0.3, 0.4) is 0 Å². The molecule has 7 nitrogen and oxygen atoms in total. The molecule has 118 valence electrons. The monoisotopic (exact) mass is 299 g/mol. The molecule has 0 heterocycles. The SMILES string of the molecule is COCCOCCOCCOc1cccc(N)c1C(=O)O. The minimum absolute atomic E-state index is 0.0274. The van der Waals surface area contributed by atoms with Gasteiger partial charge in [0.2, 0.25) is 0 Å². The van der Waals surface area contributed by atoms with E-state index >= 15 is 0 Å². The van der Waals surface area contributed by atoms with Crippen LogP contribution in [-0.2, 0) is 14.2 Å². The fraction of sp³-hybridized carbons (Fsp3) is 0.500. The third kappa shape index (κ3) is 6.44. The second-order valence-corrected chi connectivity index (χ2v) is 4.09. The van der Waals surface area contributed by atoms with Gasteiger partial charge in [0.15, 0.2) is 0 Å². The third-order valence-corrected chi connectivity index (χ3v) is 2.56. The summed E-state index contributed by atoms with van der Waals surface area (Å²) in [7, 11) is 1.61. The Morgan fingerprint density at radius 1 is 1.10 bits per heavy atom.